The highest BCUT2D eigenvalue weighted by atomic mass is 16.2. The molecule has 0 radical (unpaired) electrons. The van der Waals surface area contributed by atoms with E-state index in [4.69, 9.17) is 0 Å². The van der Waals surface area contributed by atoms with Crippen LogP contribution in [0.25, 0.3) is 0 Å². The summed E-state index contributed by atoms with van der Waals surface area (Å²) < 4.78 is 5.82. The molecule has 0 atom stereocenters. The number of carbonyl (C=O) groups is 1. The van der Waals surface area contributed by atoms with Gasteiger partial charge in [0.05, 0.1) is 5.54 Å². The van der Waals surface area contributed by atoms with Crippen molar-refractivity contribution >= 4 is 5.91 Å². The molecule has 0 aliphatic carbocycles. The lowest BCUT2D eigenvalue weighted by Crippen LogP contribution is -2.48. The highest BCUT2D eigenvalue weighted by Gasteiger charge is 2.31. The molecule has 54 heavy (non-hydrogen) atoms. The first-order valence-electron chi connectivity index (χ1n) is 18.1. The van der Waals surface area contributed by atoms with Gasteiger partial charge < -0.3 is 19.4 Å². The Bertz CT molecular complexity index is 2050. The number of amides is 1. The van der Waals surface area contributed by atoms with Crippen molar-refractivity contribution in [3.63, 3.8) is 0 Å². The third-order valence-corrected chi connectivity index (χ3v) is 8.47. The van der Waals surface area contributed by atoms with Crippen molar-refractivity contribution in [3.8, 4) is 0 Å². The van der Waals surface area contributed by atoms with Crippen LogP contribution in [-0.4, -0.2) is 55.2 Å². The summed E-state index contributed by atoms with van der Waals surface area (Å²) >= 11 is 0. The molecule has 14 nitrogen and oxygen atoms in total. The van der Waals surface area contributed by atoms with Crippen LogP contribution >= 0.6 is 0 Å². The zero-order chi connectivity index (χ0) is 42.6. The van der Waals surface area contributed by atoms with E-state index in [1.165, 1.54) is 0 Å². The number of nitrogens with zero attached hydrogens (tertiary/aromatic N) is 9. The van der Waals surface area contributed by atoms with E-state index in [0.717, 1.165) is 28.4 Å². The second-order valence-corrected chi connectivity index (χ2v) is 17.5. The van der Waals surface area contributed by atoms with Gasteiger partial charge in [-0.05, 0) is 145 Å². The van der Waals surface area contributed by atoms with Crippen molar-refractivity contribution in [2.45, 2.75) is 168 Å². The Hall–Kier alpha value is -4.75. The number of hydrogen-bond donors (Lipinski definition) is 1. The summed E-state index contributed by atoms with van der Waals surface area (Å²) in [7, 11) is 0. The van der Waals surface area contributed by atoms with E-state index in [0.29, 0.717) is 29.0 Å². The SMILES string of the molecule is C=C1NC(=O)C(C)=C(C)N1C(C)(C)C.Cc1c(C)n(C(C)(C)C)c(C)nc1=O.Cc1nc(=O)nc(C)n1C(C)(C)C.Cc1nn(C(C)(C)C)c(C)nc1=O. The Morgan fingerprint density at radius 1 is 0.537 bits per heavy atom. The summed E-state index contributed by atoms with van der Waals surface area (Å²) in [5.41, 5.74) is 2.88. The van der Waals surface area contributed by atoms with Crippen molar-refractivity contribution in [2.24, 2.45) is 0 Å². The Kier molecular flexibility index (Phi) is 15.0. The molecule has 4 rings (SSSR count). The standard InChI is InChI=1S/2C11H18N2O.2C9H15N3O/c2*1-7-8(2)13(11(4,5)6)9(3)12-10(7)14;1-6-10-8(13)11-7(2)12(6)9(3,4)5;1-6-8(13)10-7(2)12(11-6)9(3,4)5/h1-6H3;3H2,1-2,4-6H3,(H,12,14);2*1-5H3. The Balaban J connectivity index is 0.000000360. The van der Waals surface area contributed by atoms with Gasteiger partial charge in [-0.1, -0.05) is 6.58 Å². The second kappa shape index (κ2) is 17.2. The average molecular weight is 751 g/mol. The number of allylic oxidation sites excluding steroid dienone is 1. The normalized spacial score (nSPS) is 13.6. The minimum absolute atomic E-state index is 0.0281. The van der Waals surface area contributed by atoms with Crippen LogP contribution in [0.5, 0.6) is 0 Å². The Morgan fingerprint density at radius 2 is 0.963 bits per heavy atom. The van der Waals surface area contributed by atoms with Crippen LogP contribution in [0, 0.1) is 48.5 Å². The highest BCUT2D eigenvalue weighted by Crippen LogP contribution is 2.28. The fraction of sp³-hybridized carbons (Fsp3) is 0.625. The van der Waals surface area contributed by atoms with Crippen molar-refractivity contribution in [1.29, 1.82) is 0 Å². The quantitative estimate of drug-likeness (QED) is 0.292. The molecule has 0 saturated carbocycles. The molecule has 300 valence electrons. The first-order chi connectivity index (χ1) is 24.1. The van der Waals surface area contributed by atoms with Gasteiger partial charge in [-0.3, -0.25) is 14.4 Å². The number of nitrogens with one attached hydrogen (secondary N) is 1. The molecule has 1 aliphatic rings. The molecule has 1 N–H and O–H groups in total. The molecule has 0 saturated heterocycles. The fourth-order valence-electron chi connectivity index (χ4n) is 6.34. The van der Waals surface area contributed by atoms with Crippen molar-refractivity contribution < 1.29 is 4.79 Å². The van der Waals surface area contributed by atoms with E-state index in [1.54, 1.807) is 18.5 Å². The number of hydrogen-bond acceptors (Lipinski definition) is 10. The van der Waals surface area contributed by atoms with E-state index >= 15 is 0 Å². The van der Waals surface area contributed by atoms with Crippen molar-refractivity contribution in [1.82, 2.24) is 49.1 Å². The molecule has 1 aliphatic heterocycles. The smallest absolute Gasteiger partial charge is 0.328 e. The van der Waals surface area contributed by atoms with E-state index in [1.807, 2.05) is 78.7 Å². The molecule has 1 amide bonds. The van der Waals surface area contributed by atoms with E-state index < -0.39 is 5.69 Å². The third kappa shape index (κ3) is 12.1. The maximum Gasteiger partial charge on any atom is 0.370 e. The fourth-order valence-corrected chi connectivity index (χ4v) is 6.34. The van der Waals surface area contributed by atoms with Gasteiger partial charge in [0.25, 0.3) is 17.0 Å². The predicted octanol–water partition coefficient (Wildman–Crippen LogP) is 5.93. The topological polar surface area (TPSA) is 163 Å². The van der Waals surface area contributed by atoms with Gasteiger partial charge in [0.2, 0.25) is 0 Å². The maximum absolute atomic E-state index is 11.4. The van der Waals surface area contributed by atoms with Gasteiger partial charge in [-0.25, -0.2) is 9.48 Å². The van der Waals surface area contributed by atoms with Gasteiger partial charge in [-0.2, -0.15) is 25.0 Å². The molecule has 0 fully saturated rings. The van der Waals surface area contributed by atoms with Crippen LogP contribution in [-0.2, 0) is 21.4 Å². The minimum Gasteiger partial charge on any atom is -0.328 e. The van der Waals surface area contributed by atoms with Crippen LogP contribution in [0.3, 0.4) is 0 Å². The van der Waals surface area contributed by atoms with E-state index in [-0.39, 0.29) is 39.2 Å². The van der Waals surface area contributed by atoms with Gasteiger partial charge in [0.1, 0.15) is 34.8 Å². The lowest BCUT2D eigenvalue weighted by Gasteiger charge is -2.42. The molecular formula is C40H66N10O4. The minimum atomic E-state index is -0.407. The predicted molar refractivity (Wildman–Crippen MR) is 216 cm³/mol. The number of aromatic nitrogens is 8. The molecule has 4 heterocycles. The molecule has 0 spiro atoms. The molecule has 0 bridgehead atoms. The molecule has 0 aromatic carbocycles. The molecule has 3 aromatic heterocycles. The molecular weight excluding hydrogens is 685 g/mol. The van der Waals surface area contributed by atoms with Gasteiger partial charge in [0.15, 0.2) is 0 Å². The Labute approximate surface area is 321 Å². The maximum atomic E-state index is 11.4. The summed E-state index contributed by atoms with van der Waals surface area (Å²) in [6, 6.07) is 0. The summed E-state index contributed by atoms with van der Waals surface area (Å²) in [5.74, 6) is 3.47. The number of carbonyl (C=O) groups excluding carboxylic acids is 1. The zero-order valence-corrected chi connectivity index (χ0v) is 36.9. The van der Waals surface area contributed by atoms with Crippen LogP contribution in [0.4, 0.5) is 0 Å². The van der Waals surface area contributed by atoms with Gasteiger partial charge in [0, 0.05) is 39.1 Å². The average Bonchev–Trinajstić information content (AvgIpc) is 2.94. The molecule has 14 heteroatoms. The van der Waals surface area contributed by atoms with Gasteiger partial charge in [-0.15, -0.1) is 0 Å². The van der Waals surface area contributed by atoms with Crippen LogP contribution in [0.2, 0.25) is 0 Å². The first-order valence-corrected chi connectivity index (χ1v) is 18.1. The third-order valence-electron chi connectivity index (χ3n) is 8.47. The summed E-state index contributed by atoms with van der Waals surface area (Å²) in [4.78, 5) is 62.5. The van der Waals surface area contributed by atoms with E-state index in [2.05, 4.69) is 104 Å². The van der Waals surface area contributed by atoms with Gasteiger partial charge >= 0.3 is 5.69 Å². The number of rotatable bonds is 0. The Morgan fingerprint density at radius 3 is 1.37 bits per heavy atom. The number of aryl methyl sites for hydroxylation is 5. The molecule has 0 unspecified atom stereocenters. The van der Waals surface area contributed by atoms with Crippen molar-refractivity contribution in [2.75, 3.05) is 0 Å². The summed E-state index contributed by atoms with van der Waals surface area (Å²) in [6.07, 6.45) is 0. The monoisotopic (exact) mass is 751 g/mol. The lowest BCUT2D eigenvalue weighted by atomic mass is 10.0. The summed E-state index contributed by atoms with van der Waals surface area (Å²) in [6.45, 7) is 45.3. The molecule has 3 aromatic rings. The van der Waals surface area contributed by atoms with Crippen molar-refractivity contribution in [3.05, 3.63) is 95.1 Å². The van der Waals surface area contributed by atoms with E-state index in [9.17, 15) is 19.2 Å². The largest absolute Gasteiger partial charge is 0.370 e. The first kappa shape index (κ1) is 47.3. The van der Waals surface area contributed by atoms with Crippen LogP contribution in [0.15, 0.2) is 38.1 Å². The van der Waals surface area contributed by atoms with Crippen LogP contribution in [0.1, 0.15) is 137 Å². The lowest BCUT2D eigenvalue weighted by molar-refractivity contribution is -0.118. The van der Waals surface area contributed by atoms with Crippen LogP contribution < -0.4 is 22.1 Å². The highest BCUT2D eigenvalue weighted by molar-refractivity contribution is 5.95. The zero-order valence-electron chi connectivity index (χ0n) is 36.9. The summed E-state index contributed by atoms with van der Waals surface area (Å²) in [5, 5.41) is 6.94. The second-order valence-electron chi connectivity index (χ2n) is 17.5.